The van der Waals surface area contributed by atoms with E-state index in [1.807, 2.05) is 12.1 Å². The molecule has 0 atom stereocenters. The molecule has 1 aliphatic rings. The van der Waals surface area contributed by atoms with Gasteiger partial charge in [-0.05, 0) is 37.9 Å². The van der Waals surface area contributed by atoms with Crippen molar-refractivity contribution >= 4 is 5.91 Å². The van der Waals surface area contributed by atoms with E-state index in [9.17, 15) is 4.79 Å². The van der Waals surface area contributed by atoms with Gasteiger partial charge in [0.05, 0.1) is 6.54 Å². The van der Waals surface area contributed by atoms with Gasteiger partial charge in [0.1, 0.15) is 0 Å². The Kier molecular flexibility index (Phi) is 4.71. The van der Waals surface area contributed by atoms with Crippen LogP contribution in [0.1, 0.15) is 31.2 Å². The number of benzene rings is 1. The average Bonchev–Trinajstić information content (AvgIpc) is 3.04. The number of primary amides is 1. The maximum absolute atomic E-state index is 11.2. The summed E-state index contributed by atoms with van der Waals surface area (Å²) in [5.41, 5.74) is 7.60. The molecule has 0 unspecified atom stereocenters. The molecule has 2 aromatic rings. The highest BCUT2D eigenvalue weighted by molar-refractivity contribution is 5.76. The van der Waals surface area contributed by atoms with Gasteiger partial charge in [-0.25, -0.2) is 0 Å². The predicted octanol–water partition coefficient (Wildman–Crippen LogP) is 2.00. The zero-order valence-electron chi connectivity index (χ0n) is 13.4. The Morgan fingerprint density at radius 3 is 2.61 bits per heavy atom. The van der Waals surface area contributed by atoms with Crippen molar-refractivity contribution in [2.75, 3.05) is 13.1 Å². The van der Waals surface area contributed by atoms with Crippen molar-refractivity contribution in [3.63, 3.8) is 0 Å². The summed E-state index contributed by atoms with van der Waals surface area (Å²) in [5.74, 6) is 1.04. The van der Waals surface area contributed by atoms with Crippen LogP contribution in [0.4, 0.5) is 0 Å². The molecule has 122 valence electrons. The first-order valence-electron chi connectivity index (χ1n) is 8.09. The SMILES string of the molecule is CCc1ccc(-c2noc(CN3CCC(C(N)=O)CC3)n2)cc1. The number of amides is 1. The number of aryl methyl sites for hydroxylation is 1. The van der Waals surface area contributed by atoms with Crippen LogP contribution >= 0.6 is 0 Å². The van der Waals surface area contributed by atoms with Crippen LogP contribution < -0.4 is 5.73 Å². The molecule has 1 aromatic carbocycles. The van der Waals surface area contributed by atoms with E-state index >= 15 is 0 Å². The molecular weight excluding hydrogens is 292 g/mol. The standard InChI is InChI=1S/C17H22N4O2/c1-2-12-3-5-14(6-4-12)17-19-15(23-20-17)11-21-9-7-13(8-10-21)16(18)22/h3-6,13H,2,7-11H2,1H3,(H2,18,22). The first-order chi connectivity index (χ1) is 11.2. The first-order valence-corrected chi connectivity index (χ1v) is 8.09. The lowest BCUT2D eigenvalue weighted by atomic mass is 9.96. The van der Waals surface area contributed by atoms with Crippen molar-refractivity contribution in [1.29, 1.82) is 0 Å². The second-order valence-electron chi connectivity index (χ2n) is 6.01. The minimum absolute atomic E-state index is 0.00146. The molecule has 1 saturated heterocycles. The fourth-order valence-electron chi connectivity index (χ4n) is 2.89. The highest BCUT2D eigenvalue weighted by Crippen LogP contribution is 2.20. The van der Waals surface area contributed by atoms with E-state index in [0.29, 0.717) is 18.3 Å². The Morgan fingerprint density at radius 1 is 1.30 bits per heavy atom. The molecule has 1 aromatic heterocycles. The third-order valence-electron chi connectivity index (χ3n) is 4.44. The topological polar surface area (TPSA) is 85.3 Å². The molecule has 0 saturated carbocycles. The van der Waals surface area contributed by atoms with Crippen LogP contribution in [0.2, 0.25) is 0 Å². The van der Waals surface area contributed by atoms with Crippen molar-refractivity contribution < 1.29 is 9.32 Å². The van der Waals surface area contributed by atoms with Gasteiger partial charge in [-0.3, -0.25) is 9.69 Å². The Balaban J connectivity index is 1.60. The summed E-state index contributed by atoms with van der Waals surface area (Å²) in [7, 11) is 0. The minimum Gasteiger partial charge on any atom is -0.369 e. The van der Waals surface area contributed by atoms with Crippen LogP contribution in [0, 0.1) is 5.92 Å². The summed E-state index contributed by atoms with van der Waals surface area (Å²) in [4.78, 5) is 17.9. The monoisotopic (exact) mass is 314 g/mol. The van der Waals surface area contributed by atoms with E-state index in [-0.39, 0.29) is 11.8 Å². The number of rotatable bonds is 5. The van der Waals surface area contributed by atoms with Gasteiger partial charge in [-0.1, -0.05) is 36.3 Å². The van der Waals surface area contributed by atoms with Gasteiger partial charge < -0.3 is 10.3 Å². The van der Waals surface area contributed by atoms with Crippen LogP contribution in [0.15, 0.2) is 28.8 Å². The van der Waals surface area contributed by atoms with Gasteiger partial charge in [0, 0.05) is 11.5 Å². The van der Waals surface area contributed by atoms with E-state index in [2.05, 4.69) is 34.1 Å². The summed E-state index contributed by atoms with van der Waals surface area (Å²) in [6, 6.07) is 8.21. The number of nitrogens with zero attached hydrogens (tertiary/aromatic N) is 3. The van der Waals surface area contributed by atoms with E-state index in [0.717, 1.165) is 37.9 Å². The lowest BCUT2D eigenvalue weighted by Gasteiger charge is -2.29. The summed E-state index contributed by atoms with van der Waals surface area (Å²) < 4.78 is 5.36. The van der Waals surface area contributed by atoms with Crippen LogP contribution in [0.25, 0.3) is 11.4 Å². The second-order valence-corrected chi connectivity index (χ2v) is 6.01. The van der Waals surface area contributed by atoms with E-state index < -0.39 is 0 Å². The van der Waals surface area contributed by atoms with Crippen LogP contribution in [-0.4, -0.2) is 34.0 Å². The molecule has 23 heavy (non-hydrogen) atoms. The van der Waals surface area contributed by atoms with Crippen LogP contribution in [0.3, 0.4) is 0 Å². The predicted molar refractivity (Wildman–Crippen MR) is 86.3 cm³/mol. The normalized spacial score (nSPS) is 16.6. The summed E-state index contributed by atoms with van der Waals surface area (Å²) >= 11 is 0. The summed E-state index contributed by atoms with van der Waals surface area (Å²) in [6.07, 6.45) is 2.61. The van der Waals surface area contributed by atoms with Gasteiger partial charge in [-0.15, -0.1) is 0 Å². The number of likely N-dealkylation sites (tertiary alicyclic amines) is 1. The van der Waals surface area contributed by atoms with Crippen molar-refractivity contribution in [2.45, 2.75) is 32.7 Å². The quantitative estimate of drug-likeness (QED) is 0.912. The van der Waals surface area contributed by atoms with Crippen LogP contribution in [-0.2, 0) is 17.8 Å². The number of piperidine rings is 1. The third kappa shape index (κ3) is 3.76. The fourth-order valence-corrected chi connectivity index (χ4v) is 2.89. The molecule has 6 heteroatoms. The highest BCUT2D eigenvalue weighted by Gasteiger charge is 2.24. The minimum atomic E-state index is -0.194. The molecule has 0 aliphatic carbocycles. The second kappa shape index (κ2) is 6.91. The van der Waals surface area contributed by atoms with E-state index in [1.165, 1.54) is 5.56 Å². The molecule has 1 fully saturated rings. The molecule has 1 aliphatic heterocycles. The average molecular weight is 314 g/mol. The van der Waals surface area contributed by atoms with Gasteiger partial charge in [0.15, 0.2) is 0 Å². The molecule has 2 heterocycles. The lowest BCUT2D eigenvalue weighted by molar-refractivity contribution is -0.123. The maximum Gasteiger partial charge on any atom is 0.241 e. The summed E-state index contributed by atoms with van der Waals surface area (Å²) in [5, 5.41) is 4.06. The smallest absolute Gasteiger partial charge is 0.241 e. The Morgan fingerprint density at radius 2 is 2.00 bits per heavy atom. The highest BCUT2D eigenvalue weighted by atomic mass is 16.5. The molecular formula is C17H22N4O2. The molecule has 1 amide bonds. The number of hydrogen-bond acceptors (Lipinski definition) is 5. The van der Waals surface area contributed by atoms with Gasteiger partial charge in [-0.2, -0.15) is 4.98 Å². The molecule has 0 radical (unpaired) electrons. The number of carbonyl (C=O) groups is 1. The molecule has 6 nitrogen and oxygen atoms in total. The van der Waals surface area contributed by atoms with Crippen molar-refractivity contribution in [3.05, 3.63) is 35.7 Å². The number of nitrogens with two attached hydrogens (primary N) is 1. The Hall–Kier alpha value is -2.21. The van der Waals surface area contributed by atoms with Crippen LogP contribution in [0.5, 0.6) is 0 Å². The molecule has 2 N–H and O–H groups in total. The summed E-state index contributed by atoms with van der Waals surface area (Å²) in [6.45, 7) is 4.40. The maximum atomic E-state index is 11.2. The van der Waals surface area contributed by atoms with E-state index in [1.54, 1.807) is 0 Å². The van der Waals surface area contributed by atoms with Crippen molar-refractivity contribution in [1.82, 2.24) is 15.0 Å². The number of hydrogen-bond donors (Lipinski definition) is 1. The Bertz CT molecular complexity index is 657. The first kappa shape index (κ1) is 15.7. The fraction of sp³-hybridized carbons (Fsp3) is 0.471. The lowest BCUT2D eigenvalue weighted by Crippen LogP contribution is -2.38. The molecule has 0 spiro atoms. The van der Waals surface area contributed by atoms with Gasteiger partial charge in [0.25, 0.3) is 0 Å². The molecule has 0 bridgehead atoms. The van der Waals surface area contributed by atoms with Crippen molar-refractivity contribution in [3.8, 4) is 11.4 Å². The zero-order valence-corrected chi connectivity index (χ0v) is 13.4. The third-order valence-corrected chi connectivity index (χ3v) is 4.44. The largest absolute Gasteiger partial charge is 0.369 e. The van der Waals surface area contributed by atoms with Gasteiger partial charge in [0.2, 0.25) is 17.6 Å². The molecule has 3 rings (SSSR count). The van der Waals surface area contributed by atoms with E-state index in [4.69, 9.17) is 10.3 Å². The van der Waals surface area contributed by atoms with Crippen molar-refractivity contribution in [2.24, 2.45) is 11.7 Å². The Labute approximate surface area is 135 Å². The zero-order chi connectivity index (χ0) is 16.2. The van der Waals surface area contributed by atoms with Gasteiger partial charge >= 0.3 is 0 Å². The number of aromatic nitrogens is 2. The number of carbonyl (C=O) groups excluding carboxylic acids is 1.